The molecule has 0 aromatic heterocycles. The number of hydrogen-bond donors (Lipinski definition) is 0. The van der Waals surface area contributed by atoms with Crippen molar-refractivity contribution in [2.24, 2.45) is 0 Å². The van der Waals surface area contributed by atoms with E-state index in [-0.39, 0.29) is 12.7 Å². The molecule has 1 amide bonds. The Morgan fingerprint density at radius 2 is 1.86 bits per heavy atom. The van der Waals surface area contributed by atoms with Crippen LogP contribution in [0.25, 0.3) is 0 Å². The maximum atomic E-state index is 12.4. The van der Waals surface area contributed by atoms with Crippen molar-refractivity contribution in [1.29, 1.82) is 0 Å². The number of hydrogen-bond acceptors (Lipinski definition) is 7. The van der Waals surface area contributed by atoms with E-state index < -0.39 is 17.7 Å². The number of rotatable bonds is 7. The van der Waals surface area contributed by atoms with Gasteiger partial charge in [0.25, 0.3) is 0 Å². The van der Waals surface area contributed by atoms with Crippen molar-refractivity contribution in [2.75, 3.05) is 19.7 Å². The summed E-state index contributed by atoms with van der Waals surface area (Å²) in [6.45, 7) is 6.74. The predicted octanol–water partition coefficient (Wildman–Crippen LogP) is 2.71. The van der Waals surface area contributed by atoms with Crippen LogP contribution in [0.5, 0.6) is 0 Å². The summed E-state index contributed by atoms with van der Waals surface area (Å²) in [5, 5.41) is 3.33. The van der Waals surface area contributed by atoms with Gasteiger partial charge in [0.1, 0.15) is 12.2 Å². The van der Waals surface area contributed by atoms with Gasteiger partial charge in [-0.1, -0.05) is 30.3 Å². The average molecular weight is 404 g/mol. The van der Waals surface area contributed by atoms with Crippen LogP contribution in [-0.2, 0) is 30.3 Å². The highest BCUT2D eigenvalue weighted by molar-refractivity contribution is 5.71. The van der Waals surface area contributed by atoms with E-state index in [2.05, 4.69) is 0 Å². The molecule has 1 heterocycles. The molecule has 0 saturated carbocycles. The molecule has 0 radical (unpaired) electrons. The number of benzene rings is 1. The van der Waals surface area contributed by atoms with Crippen molar-refractivity contribution >= 4 is 18.0 Å². The highest BCUT2D eigenvalue weighted by atomic mass is 16.6. The molecule has 8 nitrogen and oxygen atoms in total. The van der Waals surface area contributed by atoms with Gasteiger partial charge < -0.3 is 14.2 Å². The molecule has 0 aliphatic carbocycles. The zero-order chi connectivity index (χ0) is 21.3. The fourth-order valence-corrected chi connectivity index (χ4v) is 2.98. The van der Waals surface area contributed by atoms with Gasteiger partial charge in [-0.25, -0.2) is 24.4 Å². The maximum Gasteiger partial charge on any atom is 0.430 e. The molecule has 1 fully saturated rings. The van der Waals surface area contributed by atoms with Gasteiger partial charge in [0.2, 0.25) is 0 Å². The average Bonchev–Trinajstić information content (AvgIpc) is 2.68. The van der Waals surface area contributed by atoms with Crippen molar-refractivity contribution in [3.63, 3.8) is 0 Å². The summed E-state index contributed by atoms with van der Waals surface area (Å²) in [7, 11) is 0. The molecule has 2 rings (SSSR count). The smallest absolute Gasteiger partial charge is 0.430 e. The predicted molar refractivity (Wildman–Crippen MR) is 105 cm³/mol. The largest absolute Gasteiger partial charge is 0.458 e. The number of esters is 1. The minimum Gasteiger partial charge on any atom is -0.458 e. The van der Waals surface area contributed by atoms with Crippen molar-refractivity contribution in [3.05, 3.63) is 42.2 Å². The Hall–Kier alpha value is -2.67. The van der Waals surface area contributed by atoms with E-state index in [1.165, 1.54) is 11.0 Å². The lowest BCUT2D eigenvalue weighted by molar-refractivity contribution is -0.164. The van der Waals surface area contributed by atoms with E-state index in [0.29, 0.717) is 38.7 Å². The fraction of sp³-hybridized carbons (Fsp3) is 0.524. The van der Waals surface area contributed by atoms with Gasteiger partial charge in [-0.15, -0.1) is 0 Å². The molecular formula is C21H28N2O6. The van der Waals surface area contributed by atoms with Gasteiger partial charge >= 0.3 is 12.1 Å². The molecule has 1 aromatic carbocycles. The van der Waals surface area contributed by atoms with E-state index in [9.17, 15) is 14.4 Å². The standard InChI is InChI=1S/C21H28N2O6/c1-21(2,3)29-19(25)16-28-18-9-11-22(12-10-18)23(20(26)27-14-13-24)15-17-7-5-4-6-8-17/h4-8,14,18H,9-12,15-16H2,1-3H3. The van der Waals surface area contributed by atoms with E-state index in [1.54, 1.807) is 0 Å². The Morgan fingerprint density at radius 1 is 1.21 bits per heavy atom. The molecule has 29 heavy (non-hydrogen) atoms. The lowest BCUT2D eigenvalue weighted by atomic mass is 10.1. The Kier molecular flexibility index (Phi) is 8.39. The van der Waals surface area contributed by atoms with Crippen LogP contribution >= 0.6 is 0 Å². The van der Waals surface area contributed by atoms with Crippen LogP contribution in [0.4, 0.5) is 4.79 Å². The van der Waals surface area contributed by atoms with Crippen LogP contribution in [0.3, 0.4) is 0 Å². The summed E-state index contributed by atoms with van der Waals surface area (Å²) in [5.41, 5.74) is 0.390. The number of carbonyl (C=O) groups excluding carboxylic acids is 3. The normalized spacial score (nSPS) is 15.3. The van der Waals surface area contributed by atoms with E-state index >= 15 is 0 Å². The third-order valence-electron chi connectivity index (χ3n) is 4.21. The molecule has 8 heteroatoms. The fourth-order valence-electron chi connectivity index (χ4n) is 2.98. The number of carbonyl (C=O) groups is 2. The minimum absolute atomic E-state index is 0.0942. The SMILES string of the molecule is CC(C)(C)OC(=O)COC1CCN(N(Cc2ccccc2)C(=O)OC=C=O)CC1. The Morgan fingerprint density at radius 3 is 2.45 bits per heavy atom. The van der Waals surface area contributed by atoms with Crippen LogP contribution in [0, 0.1) is 0 Å². The number of amides is 1. The molecule has 0 bridgehead atoms. The summed E-state index contributed by atoms with van der Waals surface area (Å²) in [6, 6.07) is 9.50. The molecule has 1 aromatic rings. The van der Waals surface area contributed by atoms with Crippen LogP contribution in [0.1, 0.15) is 39.2 Å². The Bertz CT molecular complexity index is 716. The summed E-state index contributed by atoms with van der Waals surface area (Å²) in [5.74, 6) is 1.05. The molecule has 158 valence electrons. The lowest BCUT2D eigenvalue weighted by Crippen LogP contribution is -2.50. The molecule has 1 aliphatic heterocycles. The molecule has 0 N–H and O–H groups in total. The Balaban J connectivity index is 1.90. The van der Waals surface area contributed by atoms with Crippen LogP contribution in [0.2, 0.25) is 0 Å². The quantitative estimate of drug-likeness (QED) is 0.392. The molecular weight excluding hydrogens is 376 g/mol. The highest BCUT2D eigenvalue weighted by Crippen LogP contribution is 2.19. The number of piperidine rings is 1. The first-order valence-electron chi connectivity index (χ1n) is 9.58. The lowest BCUT2D eigenvalue weighted by Gasteiger charge is -2.38. The minimum atomic E-state index is -0.648. The number of nitrogens with zero attached hydrogens (tertiary/aromatic N) is 2. The molecule has 1 saturated heterocycles. The number of ether oxygens (including phenoxy) is 3. The summed E-state index contributed by atoms with van der Waals surface area (Å²) >= 11 is 0. The molecule has 0 spiro atoms. The van der Waals surface area contributed by atoms with Crippen LogP contribution < -0.4 is 0 Å². The van der Waals surface area contributed by atoms with E-state index in [1.807, 2.05) is 56.1 Å². The van der Waals surface area contributed by atoms with E-state index in [4.69, 9.17) is 14.2 Å². The zero-order valence-corrected chi connectivity index (χ0v) is 17.1. The summed E-state index contributed by atoms with van der Waals surface area (Å²) < 4.78 is 15.7. The third-order valence-corrected chi connectivity index (χ3v) is 4.21. The molecule has 0 atom stereocenters. The van der Waals surface area contributed by atoms with Gasteiger partial charge in [0.05, 0.1) is 12.6 Å². The van der Waals surface area contributed by atoms with Gasteiger partial charge in [0, 0.05) is 13.1 Å². The van der Waals surface area contributed by atoms with Gasteiger partial charge in [-0.3, -0.25) is 0 Å². The van der Waals surface area contributed by atoms with Crippen molar-refractivity contribution in [2.45, 2.75) is 51.9 Å². The monoisotopic (exact) mass is 404 g/mol. The summed E-state index contributed by atoms with van der Waals surface area (Å²) in [6.07, 6.45) is 1.25. The highest BCUT2D eigenvalue weighted by Gasteiger charge is 2.29. The molecule has 0 unspecified atom stereocenters. The molecule has 1 aliphatic rings. The van der Waals surface area contributed by atoms with Gasteiger partial charge in [-0.05, 0) is 39.2 Å². The van der Waals surface area contributed by atoms with Crippen molar-refractivity contribution < 1.29 is 28.6 Å². The second-order valence-corrected chi connectivity index (χ2v) is 7.71. The first-order valence-corrected chi connectivity index (χ1v) is 9.58. The first kappa shape index (κ1) is 22.6. The second kappa shape index (κ2) is 10.8. The van der Waals surface area contributed by atoms with Crippen molar-refractivity contribution in [1.82, 2.24) is 10.0 Å². The third kappa shape index (κ3) is 8.07. The van der Waals surface area contributed by atoms with Crippen molar-refractivity contribution in [3.8, 4) is 0 Å². The zero-order valence-electron chi connectivity index (χ0n) is 17.1. The topological polar surface area (TPSA) is 85.4 Å². The maximum absolute atomic E-state index is 12.4. The summed E-state index contributed by atoms with van der Waals surface area (Å²) in [4.78, 5) is 34.6. The van der Waals surface area contributed by atoms with Gasteiger partial charge in [-0.2, -0.15) is 0 Å². The van der Waals surface area contributed by atoms with Crippen LogP contribution in [-0.4, -0.2) is 59.4 Å². The first-order chi connectivity index (χ1) is 13.8. The van der Waals surface area contributed by atoms with Crippen LogP contribution in [0.15, 0.2) is 36.6 Å². The van der Waals surface area contributed by atoms with E-state index in [0.717, 1.165) is 5.56 Å². The van der Waals surface area contributed by atoms with Gasteiger partial charge in [0.15, 0.2) is 12.2 Å². The number of hydrazine groups is 1. The Labute approximate surface area is 171 Å². The second-order valence-electron chi connectivity index (χ2n) is 7.71.